The van der Waals surface area contributed by atoms with E-state index in [0.717, 1.165) is 11.8 Å². The van der Waals surface area contributed by atoms with Crippen LogP contribution in [0.15, 0.2) is 26.7 Å². The minimum atomic E-state index is -1.13. The summed E-state index contributed by atoms with van der Waals surface area (Å²) in [6.45, 7) is 5.36. The van der Waals surface area contributed by atoms with Gasteiger partial charge in [-0.15, -0.1) is 10.2 Å². The maximum atomic E-state index is 11.5. The lowest BCUT2D eigenvalue weighted by atomic mass is 10.2. The molecule has 2 rings (SSSR count). The van der Waals surface area contributed by atoms with Crippen LogP contribution in [0.3, 0.4) is 0 Å². The maximum absolute atomic E-state index is 11.5. The van der Waals surface area contributed by atoms with Crippen molar-refractivity contribution in [3.8, 4) is 11.5 Å². The largest absolute Gasteiger partial charge is 0.493 e. The number of aromatic nitrogens is 2. The lowest BCUT2D eigenvalue weighted by Crippen LogP contribution is -2.07. The maximum Gasteiger partial charge on any atom is 0.342 e. The Balaban J connectivity index is 2.38. The van der Waals surface area contributed by atoms with Crippen LogP contribution in [0.1, 0.15) is 25.3 Å². The van der Waals surface area contributed by atoms with Crippen molar-refractivity contribution < 1.29 is 23.8 Å². The predicted molar refractivity (Wildman–Crippen MR) is 94.3 cm³/mol. The van der Waals surface area contributed by atoms with Crippen LogP contribution in [0.2, 0.25) is 5.02 Å². The Hall–Kier alpha value is -2.19. The Labute approximate surface area is 154 Å². The molecule has 0 unspecified atom stereocenters. The molecule has 0 amide bonds. The van der Waals surface area contributed by atoms with E-state index in [1.54, 1.807) is 19.1 Å². The van der Waals surface area contributed by atoms with E-state index in [9.17, 15) is 9.90 Å². The standard InChI is InChI=1S/C16H17ClN2O5S/c1-8(2)23-14-11(17)5-10(6-12(14)22-4)7-13(15(20)21)25-16-19-18-9(3)24-16/h5-8H,1-4H3,(H,20,21)/b13-7-. The molecule has 0 bridgehead atoms. The Morgan fingerprint density at radius 2 is 2.12 bits per heavy atom. The van der Waals surface area contributed by atoms with Crippen LogP contribution >= 0.6 is 23.4 Å². The first-order valence-electron chi connectivity index (χ1n) is 7.27. The van der Waals surface area contributed by atoms with Gasteiger partial charge in [-0.3, -0.25) is 0 Å². The molecular weight excluding hydrogens is 368 g/mol. The van der Waals surface area contributed by atoms with E-state index in [1.807, 2.05) is 13.8 Å². The van der Waals surface area contributed by atoms with Gasteiger partial charge in [0.25, 0.3) is 5.22 Å². The second-order valence-corrected chi connectivity index (χ2v) is 6.60. The molecule has 1 N–H and O–H groups in total. The lowest BCUT2D eigenvalue weighted by molar-refractivity contribution is -0.131. The number of hydrogen-bond donors (Lipinski definition) is 1. The molecule has 0 fully saturated rings. The van der Waals surface area contributed by atoms with Crippen LogP contribution in [-0.4, -0.2) is 34.5 Å². The number of carboxylic acid groups (broad SMARTS) is 1. The first-order chi connectivity index (χ1) is 11.8. The van der Waals surface area contributed by atoms with Gasteiger partial charge in [0.05, 0.1) is 18.2 Å². The van der Waals surface area contributed by atoms with Gasteiger partial charge < -0.3 is 19.0 Å². The quantitative estimate of drug-likeness (QED) is 0.564. The second-order valence-electron chi connectivity index (χ2n) is 5.20. The number of rotatable bonds is 7. The Morgan fingerprint density at radius 1 is 1.40 bits per heavy atom. The number of aliphatic carboxylic acids is 1. The van der Waals surface area contributed by atoms with E-state index in [4.69, 9.17) is 25.5 Å². The minimum Gasteiger partial charge on any atom is -0.493 e. The highest BCUT2D eigenvalue weighted by Gasteiger charge is 2.17. The summed E-state index contributed by atoms with van der Waals surface area (Å²) in [7, 11) is 1.49. The van der Waals surface area contributed by atoms with Gasteiger partial charge in [0.2, 0.25) is 5.89 Å². The van der Waals surface area contributed by atoms with Crippen LogP contribution in [0, 0.1) is 6.92 Å². The smallest absolute Gasteiger partial charge is 0.342 e. The summed E-state index contributed by atoms with van der Waals surface area (Å²) in [5.41, 5.74) is 0.541. The number of carbonyl (C=O) groups is 1. The highest BCUT2D eigenvalue weighted by Crippen LogP contribution is 2.38. The third kappa shape index (κ3) is 5.14. The van der Waals surface area contributed by atoms with Gasteiger partial charge in [-0.05, 0) is 49.4 Å². The van der Waals surface area contributed by atoms with Crippen LogP contribution in [-0.2, 0) is 4.79 Å². The van der Waals surface area contributed by atoms with Gasteiger partial charge in [-0.25, -0.2) is 4.79 Å². The summed E-state index contributed by atoms with van der Waals surface area (Å²) >= 11 is 7.11. The molecule has 0 saturated carbocycles. The fourth-order valence-electron chi connectivity index (χ4n) is 1.87. The van der Waals surface area contributed by atoms with Crippen molar-refractivity contribution in [2.24, 2.45) is 0 Å². The molecule has 7 nitrogen and oxygen atoms in total. The van der Waals surface area contributed by atoms with Crippen molar-refractivity contribution in [2.75, 3.05) is 7.11 Å². The number of carboxylic acids is 1. The summed E-state index contributed by atoms with van der Waals surface area (Å²) < 4.78 is 16.1. The first-order valence-corrected chi connectivity index (χ1v) is 8.46. The molecule has 0 radical (unpaired) electrons. The van der Waals surface area contributed by atoms with Gasteiger partial charge in [0.1, 0.15) is 4.91 Å². The number of nitrogens with zero attached hydrogens (tertiary/aromatic N) is 2. The molecule has 0 saturated heterocycles. The van der Waals surface area contributed by atoms with Crippen LogP contribution in [0.4, 0.5) is 0 Å². The van der Waals surface area contributed by atoms with Gasteiger partial charge in [-0.1, -0.05) is 11.6 Å². The van der Waals surface area contributed by atoms with Crippen molar-refractivity contribution in [1.29, 1.82) is 0 Å². The molecule has 0 atom stereocenters. The predicted octanol–water partition coefficient (Wildman–Crippen LogP) is 4.05. The van der Waals surface area contributed by atoms with E-state index >= 15 is 0 Å². The zero-order valence-electron chi connectivity index (χ0n) is 14.1. The van der Waals surface area contributed by atoms with E-state index < -0.39 is 5.97 Å². The minimum absolute atomic E-state index is 0.000650. The van der Waals surface area contributed by atoms with Gasteiger partial charge >= 0.3 is 5.97 Å². The van der Waals surface area contributed by atoms with Crippen molar-refractivity contribution >= 4 is 35.4 Å². The van der Waals surface area contributed by atoms with Crippen molar-refractivity contribution in [3.63, 3.8) is 0 Å². The molecule has 0 aliphatic rings. The topological polar surface area (TPSA) is 94.7 Å². The van der Waals surface area contributed by atoms with E-state index in [0.29, 0.717) is 28.0 Å². The summed E-state index contributed by atoms with van der Waals surface area (Å²) in [5.74, 6) is 0.0507. The third-order valence-corrected chi connectivity index (χ3v) is 3.95. The Kier molecular flexibility index (Phi) is 6.33. The molecule has 9 heteroatoms. The number of ether oxygens (including phenoxy) is 2. The summed E-state index contributed by atoms with van der Waals surface area (Å²) in [6.07, 6.45) is 1.36. The molecular formula is C16H17ClN2O5S. The highest BCUT2D eigenvalue weighted by molar-refractivity contribution is 8.03. The number of halogens is 1. The number of aryl methyl sites for hydroxylation is 1. The molecule has 0 spiro atoms. The van der Waals surface area contributed by atoms with Crippen molar-refractivity contribution in [3.05, 3.63) is 33.5 Å². The molecule has 0 aliphatic heterocycles. The lowest BCUT2D eigenvalue weighted by Gasteiger charge is -2.15. The van der Waals surface area contributed by atoms with Crippen LogP contribution in [0.5, 0.6) is 11.5 Å². The number of benzene rings is 1. The van der Waals surface area contributed by atoms with Gasteiger partial charge in [0, 0.05) is 6.92 Å². The number of hydrogen-bond acceptors (Lipinski definition) is 7. The average Bonchev–Trinajstić information content (AvgIpc) is 2.93. The highest BCUT2D eigenvalue weighted by atomic mass is 35.5. The average molecular weight is 385 g/mol. The van der Waals surface area contributed by atoms with E-state index in [2.05, 4.69) is 10.2 Å². The number of methoxy groups -OCH3 is 1. The molecule has 1 heterocycles. The van der Waals surface area contributed by atoms with E-state index in [-0.39, 0.29) is 16.2 Å². The zero-order chi connectivity index (χ0) is 18.6. The molecule has 1 aromatic heterocycles. The van der Waals surface area contributed by atoms with Gasteiger partial charge in [-0.2, -0.15) is 0 Å². The van der Waals surface area contributed by atoms with Crippen LogP contribution in [0.25, 0.3) is 6.08 Å². The number of thioether (sulfide) groups is 1. The SMILES string of the molecule is COc1cc(/C=C(\Sc2nnc(C)o2)C(=O)O)cc(Cl)c1OC(C)C. The van der Waals surface area contributed by atoms with E-state index in [1.165, 1.54) is 13.2 Å². The van der Waals surface area contributed by atoms with Gasteiger partial charge in [0.15, 0.2) is 11.5 Å². The Bertz CT molecular complexity index is 804. The molecule has 134 valence electrons. The summed E-state index contributed by atoms with van der Waals surface area (Å²) in [6, 6.07) is 3.25. The second kappa shape index (κ2) is 8.26. The molecule has 1 aromatic carbocycles. The van der Waals surface area contributed by atoms with Crippen molar-refractivity contribution in [1.82, 2.24) is 10.2 Å². The molecule has 2 aromatic rings. The Morgan fingerprint density at radius 3 is 2.64 bits per heavy atom. The molecule has 25 heavy (non-hydrogen) atoms. The molecule has 0 aliphatic carbocycles. The first kappa shape index (κ1) is 19.1. The normalized spacial score (nSPS) is 11.7. The fraction of sp³-hybridized carbons (Fsp3) is 0.312. The van der Waals surface area contributed by atoms with Crippen molar-refractivity contribution in [2.45, 2.75) is 32.1 Å². The third-order valence-electron chi connectivity index (χ3n) is 2.82. The monoisotopic (exact) mass is 384 g/mol. The fourth-order valence-corrected chi connectivity index (χ4v) is 2.85. The van der Waals surface area contributed by atoms with Crippen LogP contribution < -0.4 is 9.47 Å². The summed E-state index contributed by atoms with van der Waals surface area (Å²) in [5, 5.41) is 17.3. The summed E-state index contributed by atoms with van der Waals surface area (Å²) in [4.78, 5) is 11.5. The zero-order valence-corrected chi connectivity index (χ0v) is 15.6.